The molecule has 1 aliphatic heterocycles. The summed E-state index contributed by atoms with van der Waals surface area (Å²) in [5.74, 6) is -1.47. The van der Waals surface area contributed by atoms with Gasteiger partial charge >= 0.3 is 19.3 Å². The predicted molar refractivity (Wildman–Crippen MR) is 71.8 cm³/mol. The van der Waals surface area contributed by atoms with Crippen LogP contribution in [-0.2, 0) is 9.31 Å². The third-order valence-corrected chi connectivity index (χ3v) is 2.86. The SMILES string of the molecule is O=C(OB1OC(=O)c2ccccc2O1)c1ccccc1O. The van der Waals surface area contributed by atoms with Gasteiger partial charge in [0, 0.05) is 0 Å². The van der Waals surface area contributed by atoms with E-state index in [2.05, 4.69) is 0 Å². The van der Waals surface area contributed by atoms with Crippen molar-refractivity contribution in [3.8, 4) is 11.5 Å². The highest BCUT2D eigenvalue weighted by Gasteiger charge is 2.40. The number of benzene rings is 2. The normalized spacial score (nSPS) is 13.0. The van der Waals surface area contributed by atoms with Crippen LogP contribution in [0.1, 0.15) is 20.7 Å². The van der Waals surface area contributed by atoms with Gasteiger partial charge in [-0.05, 0) is 24.3 Å². The van der Waals surface area contributed by atoms with E-state index < -0.39 is 19.3 Å². The van der Waals surface area contributed by atoms with Crippen molar-refractivity contribution in [1.29, 1.82) is 0 Å². The molecule has 21 heavy (non-hydrogen) atoms. The van der Waals surface area contributed by atoms with Crippen LogP contribution in [0.5, 0.6) is 11.5 Å². The topological polar surface area (TPSA) is 82.1 Å². The predicted octanol–water partition coefficient (Wildman–Crippen LogP) is 1.78. The number of fused-ring (bicyclic) bond motifs is 1. The molecule has 0 unspecified atom stereocenters. The van der Waals surface area contributed by atoms with Gasteiger partial charge in [0.15, 0.2) is 0 Å². The Morgan fingerprint density at radius 3 is 2.57 bits per heavy atom. The summed E-state index contributed by atoms with van der Waals surface area (Å²) in [5, 5.41) is 9.57. The van der Waals surface area contributed by atoms with Crippen molar-refractivity contribution in [2.75, 3.05) is 0 Å². The van der Waals surface area contributed by atoms with Crippen LogP contribution < -0.4 is 4.65 Å². The molecule has 2 aromatic rings. The summed E-state index contributed by atoms with van der Waals surface area (Å²) in [6, 6.07) is 12.3. The summed E-state index contributed by atoms with van der Waals surface area (Å²) in [7, 11) is -1.49. The van der Waals surface area contributed by atoms with Crippen molar-refractivity contribution in [3.05, 3.63) is 59.7 Å². The Morgan fingerprint density at radius 2 is 1.76 bits per heavy atom. The van der Waals surface area contributed by atoms with E-state index in [1.807, 2.05) is 0 Å². The molecule has 7 heteroatoms. The number of para-hydroxylation sites is 2. The van der Waals surface area contributed by atoms with Gasteiger partial charge in [-0.3, -0.25) is 0 Å². The Balaban J connectivity index is 1.77. The molecule has 1 aliphatic rings. The molecule has 0 bridgehead atoms. The van der Waals surface area contributed by atoms with E-state index >= 15 is 0 Å². The van der Waals surface area contributed by atoms with Crippen LogP contribution in [0.4, 0.5) is 0 Å². The Morgan fingerprint density at radius 1 is 1.05 bits per heavy atom. The highest BCUT2D eigenvalue weighted by molar-refractivity contribution is 6.45. The number of carbonyl (C=O) groups is 2. The van der Waals surface area contributed by atoms with Crippen molar-refractivity contribution in [2.24, 2.45) is 0 Å². The molecule has 0 saturated heterocycles. The zero-order valence-electron chi connectivity index (χ0n) is 10.7. The fourth-order valence-corrected chi connectivity index (χ4v) is 1.86. The maximum Gasteiger partial charge on any atom is 0.868 e. The molecular formula is C14H9BO6. The van der Waals surface area contributed by atoms with Gasteiger partial charge in [-0.15, -0.1) is 0 Å². The van der Waals surface area contributed by atoms with Crippen LogP contribution in [0.25, 0.3) is 0 Å². The molecule has 0 radical (unpaired) electrons. The molecule has 0 spiro atoms. The lowest BCUT2D eigenvalue weighted by Crippen LogP contribution is -2.39. The van der Waals surface area contributed by atoms with Crippen molar-refractivity contribution in [3.63, 3.8) is 0 Å². The van der Waals surface area contributed by atoms with Gasteiger partial charge in [0.1, 0.15) is 11.5 Å². The van der Waals surface area contributed by atoms with Crippen LogP contribution in [0.15, 0.2) is 48.5 Å². The molecule has 0 saturated carbocycles. The summed E-state index contributed by atoms with van der Waals surface area (Å²) in [4.78, 5) is 23.6. The van der Waals surface area contributed by atoms with Crippen molar-refractivity contribution >= 4 is 19.3 Å². The lowest BCUT2D eigenvalue weighted by atomic mass is 10.1. The zero-order chi connectivity index (χ0) is 14.8. The first-order chi connectivity index (χ1) is 10.1. The van der Waals surface area contributed by atoms with Gasteiger partial charge in [0.05, 0.1) is 11.1 Å². The van der Waals surface area contributed by atoms with E-state index in [1.54, 1.807) is 36.4 Å². The molecule has 6 nitrogen and oxygen atoms in total. The first-order valence-corrected chi connectivity index (χ1v) is 6.11. The maximum atomic E-state index is 11.9. The van der Waals surface area contributed by atoms with Crippen LogP contribution in [-0.4, -0.2) is 24.4 Å². The molecular weight excluding hydrogens is 275 g/mol. The Hall–Kier alpha value is -2.96. The molecule has 0 aliphatic carbocycles. The molecule has 2 aromatic carbocycles. The second-order valence-corrected chi connectivity index (χ2v) is 4.23. The second-order valence-electron chi connectivity index (χ2n) is 4.23. The van der Waals surface area contributed by atoms with Crippen LogP contribution in [0, 0.1) is 0 Å². The quantitative estimate of drug-likeness (QED) is 0.846. The van der Waals surface area contributed by atoms with Crippen molar-refractivity contribution in [1.82, 2.24) is 0 Å². The Bertz CT molecular complexity index is 714. The fraction of sp³-hybridized carbons (Fsp3) is 0. The van der Waals surface area contributed by atoms with E-state index in [1.165, 1.54) is 12.1 Å². The summed E-state index contributed by atoms with van der Waals surface area (Å²) in [6.45, 7) is 0. The number of rotatable bonds is 2. The number of hydrogen-bond acceptors (Lipinski definition) is 6. The highest BCUT2D eigenvalue weighted by atomic mass is 16.8. The number of hydrogen-bond donors (Lipinski definition) is 1. The van der Waals surface area contributed by atoms with E-state index in [0.29, 0.717) is 0 Å². The standard InChI is InChI=1S/C14H9BO6/c16-11-7-3-1-5-9(11)13(17)20-15-19-12-8-4-2-6-10(12)14(18)21-15/h1-8,16H. The van der Waals surface area contributed by atoms with Crippen LogP contribution in [0.2, 0.25) is 0 Å². The molecule has 1 heterocycles. The molecule has 0 amide bonds. The van der Waals surface area contributed by atoms with E-state index in [-0.39, 0.29) is 22.6 Å². The van der Waals surface area contributed by atoms with Crippen molar-refractivity contribution < 1.29 is 28.7 Å². The number of aromatic hydroxyl groups is 1. The maximum absolute atomic E-state index is 11.9. The summed E-state index contributed by atoms with van der Waals surface area (Å²) < 4.78 is 15.0. The molecule has 0 atom stereocenters. The molecule has 1 N–H and O–H groups in total. The van der Waals surface area contributed by atoms with Gasteiger partial charge in [0.25, 0.3) is 0 Å². The average molecular weight is 284 g/mol. The Kier molecular flexibility index (Phi) is 3.23. The minimum atomic E-state index is -1.49. The third-order valence-electron chi connectivity index (χ3n) is 2.86. The minimum Gasteiger partial charge on any atom is -0.507 e. The zero-order valence-corrected chi connectivity index (χ0v) is 10.7. The fourth-order valence-electron chi connectivity index (χ4n) is 1.86. The molecule has 104 valence electrons. The smallest absolute Gasteiger partial charge is 0.507 e. The van der Waals surface area contributed by atoms with Crippen LogP contribution >= 0.6 is 0 Å². The van der Waals surface area contributed by atoms with Gasteiger partial charge in [0.2, 0.25) is 0 Å². The number of phenolic OH excluding ortho intramolecular Hbond substituents is 1. The number of phenols is 1. The molecule has 3 rings (SSSR count). The van der Waals surface area contributed by atoms with Gasteiger partial charge in [-0.2, -0.15) is 0 Å². The van der Waals surface area contributed by atoms with Crippen LogP contribution in [0.3, 0.4) is 0 Å². The Labute approximate surface area is 120 Å². The monoisotopic (exact) mass is 284 g/mol. The first kappa shape index (κ1) is 13.0. The van der Waals surface area contributed by atoms with Gasteiger partial charge < -0.3 is 19.1 Å². The average Bonchev–Trinajstić information content (AvgIpc) is 2.47. The summed E-state index contributed by atoms with van der Waals surface area (Å²) >= 11 is 0. The van der Waals surface area contributed by atoms with Crippen molar-refractivity contribution in [2.45, 2.75) is 0 Å². The van der Waals surface area contributed by atoms with Gasteiger partial charge in [-0.1, -0.05) is 24.3 Å². The first-order valence-electron chi connectivity index (χ1n) is 6.11. The van der Waals surface area contributed by atoms with E-state index in [4.69, 9.17) is 14.0 Å². The molecule has 0 fully saturated rings. The largest absolute Gasteiger partial charge is 0.868 e. The highest BCUT2D eigenvalue weighted by Crippen LogP contribution is 2.25. The summed E-state index contributed by atoms with van der Waals surface area (Å²) in [5.41, 5.74) is 0.211. The van der Waals surface area contributed by atoms with Gasteiger partial charge in [-0.25, -0.2) is 9.59 Å². The summed E-state index contributed by atoms with van der Waals surface area (Å²) in [6.07, 6.45) is 0. The molecule has 0 aromatic heterocycles. The lowest BCUT2D eigenvalue weighted by molar-refractivity contribution is 0.0496. The number of carbonyl (C=O) groups excluding carboxylic acids is 2. The second kappa shape index (κ2) is 5.20. The lowest BCUT2D eigenvalue weighted by Gasteiger charge is -2.20. The van der Waals surface area contributed by atoms with E-state index in [9.17, 15) is 14.7 Å². The minimum absolute atomic E-state index is 0.0454. The van der Waals surface area contributed by atoms with E-state index in [0.717, 1.165) is 0 Å². The third kappa shape index (κ3) is 2.53.